The quantitative estimate of drug-likeness (QED) is 0.161. The Labute approximate surface area is 225 Å². The van der Waals surface area contributed by atoms with Gasteiger partial charge in [0.2, 0.25) is 0 Å². The van der Waals surface area contributed by atoms with Crippen molar-refractivity contribution in [3.8, 4) is 11.5 Å². The molecule has 0 bridgehead atoms. The number of fused-ring (bicyclic) bond motifs is 1. The molecule has 196 valence electrons. The highest BCUT2D eigenvalue weighted by Gasteiger charge is 2.14. The average molecular weight is 522 g/mol. The van der Waals surface area contributed by atoms with E-state index in [4.69, 9.17) is 19.6 Å². The van der Waals surface area contributed by atoms with E-state index in [9.17, 15) is 9.59 Å². The lowest BCUT2D eigenvalue weighted by atomic mass is 10.1. The minimum absolute atomic E-state index is 0.214. The maximum Gasteiger partial charge on any atom is 0.287 e. The molecule has 0 atom stereocenters. The van der Waals surface area contributed by atoms with Gasteiger partial charge in [-0.2, -0.15) is 0 Å². The van der Waals surface area contributed by atoms with Gasteiger partial charge in [0.25, 0.3) is 11.8 Å². The molecule has 0 saturated heterocycles. The molecule has 5 rings (SSSR count). The number of hydrogen-bond donors (Lipinski definition) is 3. The molecule has 5 aromatic rings. The number of rotatable bonds is 10. The number of benzene rings is 4. The molecule has 39 heavy (non-hydrogen) atoms. The molecule has 8 heteroatoms. The van der Waals surface area contributed by atoms with Gasteiger partial charge in [-0.05, 0) is 60.7 Å². The second-order valence-electron chi connectivity index (χ2n) is 8.71. The number of carbonyl (C=O) groups excluding carboxylic acids is 2. The van der Waals surface area contributed by atoms with Gasteiger partial charge in [-0.1, -0.05) is 42.5 Å². The number of hydrogen-bond acceptors (Lipinski definition) is 6. The third-order valence-electron chi connectivity index (χ3n) is 5.99. The standard InChI is InChI=1S/C31H27N3O5/c32-26-10-4-5-11-27(26)34-30(35)21-13-15-24(16-14-21)37-18-17-33-31(36)29-19-25-22(7-6-12-28(25)39-29)20-38-23-8-2-1-3-9-23/h1-16,19H,17-18,20,32H2,(H,33,36)(H,34,35). The van der Waals surface area contributed by atoms with Crippen LogP contribution < -0.4 is 25.8 Å². The molecule has 4 aromatic carbocycles. The van der Waals surface area contributed by atoms with E-state index >= 15 is 0 Å². The molecule has 1 heterocycles. The lowest BCUT2D eigenvalue weighted by molar-refractivity contribution is 0.0920. The fourth-order valence-corrected chi connectivity index (χ4v) is 3.97. The molecular weight excluding hydrogens is 494 g/mol. The fraction of sp³-hybridized carbons (Fsp3) is 0.0968. The molecule has 8 nitrogen and oxygen atoms in total. The first kappa shape index (κ1) is 25.4. The Bertz CT molecular complexity index is 1580. The van der Waals surface area contributed by atoms with E-state index in [1.165, 1.54) is 0 Å². The molecule has 0 spiro atoms. The van der Waals surface area contributed by atoms with E-state index in [1.54, 1.807) is 54.6 Å². The van der Waals surface area contributed by atoms with Crippen LogP contribution in [0.3, 0.4) is 0 Å². The van der Waals surface area contributed by atoms with Crippen LogP contribution in [-0.4, -0.2) is 25.0 Å². The molecule has 1 aromatic heterocycles. The number of nitrogen functional groups attached to an aromatic ring is 1. The summed E-state index contributed by atoms with van der Waals surface area (Å²) in [7, 11) is 0. The van der Waals surface area contributed by atoms with Crippen molar-refractivity contribution in [2.75, 3.05) is 24.2 Å². The Balaban J connectivity index is 1.11. The lowest BCUT2D eigenvalue weighted by Gasteiger charge is -2.09. The molecular formula is C31H27N3O5. The maximum absolute atomic E-state index is 12.7. The third kappa shape index (κ3) is 6.37. The Kier molecular flexibility index (Phi) is 7.73. The van der Waals surface area contributed by atoms with Crippen LogP contribution in [0.25, 0.3) is 11.0 Å². The van der Waals surface area contributed by atoms with E-state index in [0.29, 0.717) is 34.9 Å². The third-order valence-corrected chi connectivity index (χ3v) is 5.99. The van der Waals surface area contributed by atoms with Crippen molar-refractivity contribution < 1.29 is 23.5 Å². The number of furan rings is 1. The van der Waals surface area contributed by atoms with Crippen molar-refractivity contribution in [1.82, 2.24) is 5.32 Å². The van der Waals surface area contributed by atoms with Crippen LogP contribution in [0.2, 0.25) is 0 Å². The van der Waals surface area contributed by atoms with Crippen LogP contribution in [0, 0.1) is 0 Å². The topological polar surface area (TPSA) is 116 Å². The zero-order chi connectivity index (χ0) is 27.0. The van der Waals surface area contributed by atoms with E-state index in [2.05, 4.69) is 10.6 Å². The smallest absolute Gasteiger partial charge is 0.287 e. The first-order valence-electron chi connectivity index (χ1n) is 12.4. The Morgan fingerprint density at radius 2 is 1.51 bits per heavy atom. The van der Waals surface area contributed by atoms with Crippen molar-refractivity contribution in [2.45, 2.75) is 6.61 Å². The first-order chi connectivity index (χ1) is 19.1. The van der Waals surface area contributed by atoms with Gasteiger partial charge in [0.1, 0.15) is 30.3 Å². The second-order valence-corrected chi connectivity index (χ2v) is 8.71. The van der Waals surface area contributed by atoms with Crippen LogP contribution in [0.4, 0.5) is 11.4 Å². The van der Waals surface area contributed by atoms with Gasteiger partial charge in [0, 0.05) is 16.5 Å². The van der Waals surface area contributed by atoms with Crippen LogP contribution in [-0.2, 0) is 6.61 Å². The van der Waals surface area contributed by atoms with Gasteiger partial charge >= 0.3 is 0 Å². The molecule has 2 amide bonds. The number of nitrogens with two attached hydrogens (primary N) is 1. The fourth-order valence-electron chi connectivity index (χ4n) is 3.97. The number of para-hydroxylation sites is 3. The maximum atomic E-state index is 12.7. The second kappa shape index (κ2) is 11.9. The van der Waals surface area contributed by atoms with Gasteiger partial charge in [-0.25, -0.2) is 0 Å². The summed E-state index contributed by atoms with van der Waals surface area (Å²) in [6.07, 6.45) is 0. The van der Waals surface area contributed by atoms with Crippen molar-refractivity contribution >= 4 is 34.2 Å². The summed E-state index contributed by atoms with van der Waals surface area (Å²) >= 11 is 0. The Hall–Kier alpha value is -5.24. The predicted molar refractivity (Wildman–Crippen MR) is 150 cm³/mol. The highest BCUT2D eigenvalue weighted by Crippen LogP contribution is 2.25. The minimum Gasteiger partial charge on any atom is -0.492 e. The number of anilines is 2. The van der Waals surface area contributed by atoms with Crippen LogP contribution in [0.5, 0.6) is 11.5 Å². The molecule has 0 unspecified atom stereocenters. The van der Waals surface area contributed by atoms with Gasteiger partial charge < -0.3 is 30.3 Å². The number of amides is 2. The van der Waals surface area contributed by atoms with Crippen molar-refractivity contribution in [3.05, 3.63) is 120 Å². The van der Waals surface area contributed by atoms with Crippen LogP contribution in [0.15, 0.2) is 108 Å². The monoisotopic (exact) mass is 521 g/mol. The van der Waals surface area contributed by atoms with Crippen LogP contribution >= 0.6 is 0 Å². The molecule has 4 N–H and O–H groups in total. The normalized spacial score (nSPS) is 10.7. The molecule has 0 aliphatic rings. The zero-order valence-electron chi connectivity index (χ0n) is 21.1. The summed E-state index contributed by atoms with van der Waals surface area (Å²) in [6.45, 7) is 0.875. The van der Waals surface area contributed by atoms with E-state index in [0.717, 1.165) is 16.7 Å². The molecule has 0 fully saturated rings. The van der Waals surface area contributed by atoms with Crippen LogP contribution in [0.1, 0.15) is 26.5 Å². The molecule has 0 aliphatic carbocycles. The lowest BCUT2D eigenvalue weighted by Crippen LogP contribution is -2.27. The Morgan fingerprint density at radius 3 is 2.31 bits per heavy atom. The van der Waals surface area contributed by atoms with E-state index < -0.39 is 0 Å². The van der Waals surface area contributed by atoms with Gasteiger partial charge in [-0.15, -0.1) is 0 Å². The van der Waals surface area contributed by atoms with Gasteiger partial charge in [-0.3, -0.25) is 9.59 Å². The summed E-state index contributed by atoms with van der Waals surface area (Å²) < 4.78 is 17.3. The highest BCUT2D eigenvalue weighted by atomic mass is 16.5. The predicted octanol–water partition coefficient (Wildman–Crippen LogP) is 5.66. The molecule has 0 saturated carbocycles. The summed E-state index contributed by atoms with van der Waals surface area (Å²) in [5, 5.41) is 6.42. The van der Waals surface area contributed by atoms with Crippen molar-refractivity contribution in [3.63, 3.8) is 0 Å². The number of ether oxygens (including phenoxy) is 2. The minimum atomic E-state index is -0.336. The first-order valence-corrected chi connectivity index (χ1v) is 12.4. The van der Waals surface area contributed by atoms with Crippen molar-refractivity contribution in [1.29, 1.82) is 0 Å². The highest BCUT2D eigenvalue weighted by molar-refractivity contribution is 6.05. The summed E-state index contributed by atoms with van der Waals surface area (Å²) in [5.74, 6) is 0.953. The van der Waals surface area contributed by atoms with Crippen molar-refractivity contribution in [2.24, 2.45) is 0 Å². The number of carbonyl (C=O) groups is 2. The summed E-state index contributed by atoms with van der Waals surface area (Å²) in [4.78, 5) is 25.1. The number of nitrogens with one attached hydrogen (secondary N) is 2. The molecule has 0 radical (unpaired) electrons. The Morgan fingerprint density at radius 1 is 0.769 bits per heavy atom. The van der Waals surface area contributed by atoms with E-state index in [1.807, 2.05) is 48.5 Å². The largest absolute Gasteiger partial charge is 0.492 e. The SMILES string of the molecule is Nc1ccccc1NC(=O)c1ccc(OCCNC(=O)c2cc3c(COc4ccccc4)cccc3o2)cc1. The summed E-state index contributed by atoms with van der Waals surface area (Å²) in [5.41, 5.74) is 8.94. The van der Waals surface area contributed by atoms with Gasteiger partial charge in [0.15, 0.2) is 5.76 Å². The molecule has 0 aliphatic heterocycles. The van der Waals surface area contributed by atoms with Gasteiger partial charge in [0.05, 0.1) is 17.9 Å². The average Bonchev–Trinajstić information content (AvgIpc) is 3.41. The zero-order valence-corrected chi connectivity index (χ0v) is 21.1. The van der Waals surface area contributed by atoms with E-state index in [-0.39, 0.29) is 30.7 Å². The summed E-state index contributed by atoms with van der Waals surface area (Å²) in [6, 6.07) is 30.7.